The summed E-state index contributed by atoms with van der Waals surface area (Å²) in [4.78, 5) is 31.8. The number of carbonyl (C=O) groups is 2. The van der Waals surface area contributed by atoms with E-state index in [1.165, 1.54) is 12.1 Å². The van der Waals surface area contributed by atoms with Crippen molar-refractivity contribution in [2.45, 2.75) is 77.2 Å². The molecule has 0 spiro atoms. The molecule has 0 aromatic heterocycles. The van der Waals surface area contributed by atoms with Gasteiger partial charge in [-0.3, -0.25) is 4.79 Å². The Labute approximate surface area is 254 Å². The number of esters is 1. The molecule has 0 saturated carbocycles. The molecule has 1 aromatic rings. The second-order valence-corrected chi connectivity index (χ2v) is 12.5. The first kappa shape index (κ1) is 33.0. The second-order valence-electron chi connectivity index (χ2n) is 12.5. The van der Waals surface area contributed by atoms with Gasteiger partial charge in [0.15, 0.2) is 0 Å². The summed E-state index contributed by atoms with van der Waals surface area (Å²) in [7, 11) is 2.03. The Morgan fingerprint density at radius 2 is 1.84 bits per heavy atom. The fourth-order valence-electron chi connectivity index (χ4n) is 6.19. The number of carbonyl (C=O) groups excluding carboxylic acids is 2. The van der Waals surface area contributed by atoms with Crippen molar-refractivity contribution in [2.75, 3.05) is 51.3 Å². The number of aliphatic hydroxyl groups excluding tert-OH is 2. The molecule has 2 fully saturated rings. The number of halogens is 1. The highest BCUT2D eigenvalue weighted by Gasteiger charge is 2.29. The first-order valence-corrected chi connectivity index (χ1v) is 15.6. The molecule has 6 atom stereocenters. The van der Waals surface area contributed by atoms with Crippen LogP contribution in [0, 0.1) is 17.7 Å². The maximum Gasteiger partial charge on any atom is 0.410 e. The van der Waals surface area contributed by atoms with Gasteiger partial charge in [0.05, 0.1) is 25.2 Å². The fourth-order valence-corrected chi connectivity index (χ4v) is 6.19. The molecule has 238 valence electrons. The lowest BCUT2D eigenvalue weighted by atomic mass is 9.91. The molecular weight excluding hydrogens is 553 g/mol. The Morgan fingerprint density at radius 1 is 1.09 bits per heavy atom. The monoisotopic (exact) mass is 601 g/mol. The summed E-state index contributed by atoms with van der Waals surface area (Å²) in [5, 5.41) is 20.4. The Morgan fingerprint density at radius 3 is 2.56 bits per heavy atom. The van der Waals surface area contributed by atoms with E-state index >= 15 is 0 Å². The molecule has 4 rings (SSSR count). The van der Waals surface area contributed by atoms with E-state index in [2.05, 4.69) is 4.90 Å². The minimum atomic E-state index is -0.877. The number of piperazine rings is 1. The zero-order chi connectivity index (χ0) is 31.1. The molecule has 10 heteroatoms. The van der Waals surface area contributed by atoms with Gasteiger partial charge in [-0.05, 0) is 81.0 Å². The first-order chi connectivity index (χ1) is 20.5. The van der Waals surface area contributed by atoms with Crippen LogP contribution in [0.4, 0.5) is 14.9 Å². The number of hydrogen-bond donors (Lipinski definition) is 2. The zero-order valence-electron chi connectivity index (χ0n) is 26.0. The van der Waals surface area contributed by atoms with Crippen LogP contribution in [0.15, 0.2) is 35.9 Å². The molecule has 2 N–H and O–H groups in total. The Kier molecular flexibility index (Phi) is 11.6. The summed E-state index contributed by atoms with van der Waals surface area (Å²) < 4.78 is 26.6. The smallest absolute Gasteiger partial charge is 0.410 e. The highest BCUT2D eigenvalue weighted by atomic mass is 19.1. The quantitative estimate of drug-likeness (QED) is 0.382. The summed E-state index contributed by atoms with van der Waals surface area (Å²) in [6.07, 6.45) is 5.79. The Hall–Kier alpha value is -2.95. The van der Waals surface area contributed by atoms with Crippen molar-refractivity contribution in [1.29, 1.82) is 0 Å². The van der Waals surface area contributed by atoms with Gasteiger partial charge in [-0.1, -0.05) is 26.0 Å². The molecule has 0 bridgehead atoms. The molecule has 0 radical (unpaired) electrons. The van der Waals surface area contributed by atoms with Gasteiger partial charge in [-0.15, -0.1) is 0 Å². The largest absolute Gasteiger partial charge is 0.457 e. The Balaban J connectivity index is 1.57. The van der Waals surface area contributed by atoms with Gasteiger partial charge in [0, 0.05) is 44.3 Å². The number of rotatable bonds is 5. The van der Waals surface area contributed by atoms with E-state index in [4.69, 9.17) is 9.47 Å². The molecule has 3 aliphatic heterocycles. The number of ether oxygens (including phenoxy) is 2. The minimum absolute atomic E-state index is 0.0126. The van der Waals surface area contributed by atoms with Gasteiger partial charge in [-0.2, -0.15) is 0 Å². The number of benzene rings is 1. The van der Waals surface area contributed by atoms with Crippen LogP contribution in [0.2, 0.25) is 0 Å². The molecule has 1 aromatic carbocycles. The molecule has 43 heavy (non-hydrogen) atoms. The SMILES string of the molecule is C/C(=C\c1cc(F)cc(N2CCC[C@H]2CO)c1)[C@H]1OC(=O)C[C@H](O)CC[C@H](C)[C@@H](OC(=O)N2CCN(C)CC2)/C=C\[C@@H]1C. The lowest BCUT2D eigenvalue weighted by Gasteiger charge is -2.33. The lowest BCUT2D eigenvalue weighted by Crippen LogP contribution is -2.48. The van der Waals surface area contributed by atoms with Crippen LogP contribution < -0.4 is 4.90 Å². The van der Waals surface area contributed by atoms with Crippen LogP contribution in [0.1, 0.15) is 58.4 Å². The standard InChI is InChI=1S/C33H48FN3O6/c1-22-7-9-29(39)20-31(40)43-32(23(2)8-10-30(22)42-33(41)36-14-12-35(4)13-15-36)24(3)16-25-17-26(34)19-28(18-25)37-11-5-6-27(37)21-38/h8,10,16-19,22-23,27,29-30,32,38-39H,5-7,9,11-15,20-21H2,1-4H3/b10-8-,24-16+/t22-,23-,27-,29+,30-,32-/m0/s1. The number of hydrogen-bond acceptors (Lipinski definition) is 8. The molecule has 9 nitrogen and oxygen atoms in total. The van der Waals surface area contributed by atoms with E-state index < -0.39 is 24.3 Å². The van der Waals surface area contributed by atoms with E-state index in [-0.39, 0.29) is 42.8 Å². The molecule has 1 amide bonds. The molecule has 2 saturated heterocycles. The van der Waals surface area contributed by atoms with Gasteiger partial charge in [0.25, 0.3) is 0 Å². The van der Waals surface area contributed by atoms with Crippen LogP contribution in [0.3, 0.4) is 0 Å². The molecule has 3 heterocycles. The predicted molar refractivity (Wildman–Crippen MR) is 164 cm³/mol. The van der Waals surface area contributed by atoms with Crippen LogP contribution in [0.5, 0.6) is 0 Å². The number of cyclic esters (lactones) is 1. The summed E-state index contributed by atoms with van der Waals surface area (Å²) in [6.45, 7) is 9.31. The lowest BCUT2D eigenvalue weighted by molar-refractivity contribution is -0.151. The number of likely N-dealkylation sites (N-methyl/N-ethyl adjacent to an activating group) is 1. The summed E-state index contributed by atoms with van der Waals surface area (Å²) in [5.74, 6) is -1.25. The van der Waals surface area contributed by atoms with E-state index in [1.54, 1.807) is 4.90 Å². The van der Waals surface area contributed by atoms with Gasteiger partial charge in [0.1, 0.15) is 18.0 Å². The number of aliphatic hydroxyl groups is 2. The van der Waals surface area contributed by atoms with Gasteiger partial charge >= 0.3 is 12.1 Å². The van der Waals surface area contributed by atoms with Crippen LogP contribution in [-0.4, -0.2) is 103 Å². The maximum atomic E-state index is 14.7. The third-order valence-corrected chi connectivity index (χ3v) is 8.92. The molecular formula is C33H48FN3O6. The van der Waals surface area contributed by atoms with Crippen LogP contribution in [-0.2, 0) is 14.3 Å². The second kappa shape index (κ2) is 15.2. The normalized spacial score (nSPS) is 30.8. The van der Waals surface area contributed by atoms with Crippen LogP contribution in [0.25, 0.3) is 6.08 Å². The van der Waals surface area contributed by atoms with Crippen LogP contribution >= 0.6 is 0 Å². The van der Waals surface area contributed by atoms with Crippen molar-refractivity contribution in [3.8, 4) is 0 Å². The van der Waals surface area contributed by atoms with Gasteiger partial charge in [-0.25, -0.2) is 9.18 Å². The predicted octanol–water partition coefficient (Wildman–Crippen LogP) is 4.23. The minimum Gasteiger partial charge on any atom is -0.457 e. The number of anilines is 1. The van der Waals surface area contributed by atoms with Crippen molar-refractivity contribution in [3.63, 3.8) is 0 Å². The molecule has 0 aliphatic carbocycles. The van der Waals surface area contributed by atoms with Gasteiger partial charge in [0.2, 0.25) is 0 Å². The average molecular weight is 602 g/mol. The highest BCUT2D eigenvalue weighted by molar-refractivity contribution is 5.71. The van der Waals surface area contributed by atoms with Crippen molar-refractivity contribution >= 4 is 23.8 Å². The summed E-state index contributed by atoms with van der Waals surface area (Å²) in [5.41, 5.74) is 2.05. The van der Waals surface area contributed by atoms with Crippen molar-refractivity contribution in [3.05, 3.63) is 47.3 Å². The van der Waals surface area contributed by atoms with E-state index in [0.717, 1.165) is 32.5 Å². The topological polar surface area (TPSA) is 103 Å². The van der Waals surface area contributed by atoms with Gasteiger partial charge < -0.3 is 34.4 Å². The van der Waals surface area contributed by atoms with Crippen molar-refractivity contribution in [1.82, 2.24) is 9.80 Å². The Bertz CT molecular complexity index is 1170. The summed E-state index contributed by atoms with van der Waals surface area (Å²) in [6, 6.07) is 4.77. The first-order valence-electron chi connectivity index (χ1n) is 15.6. The van der Waals surface area contributed by atoms with E-state index in [0.29, 0.717) is 42.8 Å². The third kappa shape index (κ3) is 9.03. The highest BCUT2D eigenvalue weighted by Crippen LogP contribution is 2.30. The van der Waals surface area contributed by atoms with E-state index in [9.17, 15) is 24.2 Å². The summed E-state index contributed by atoms with van der Waals surface area (Å²) >= 11 is 0. The number of amides is 1. The molecule has 0 unspecified atom stereocenters. The van der Waals surface area contributed by atoms with Crippen molar-refractivity contribution in [2.24, 2.45) is 11.8 Å². The molecule has 3 aliphatic rings. The maximum absolute atomic E-state index is 14.7. The fraction of sp³-hybridized carbons (Fsp3) is 0.636. The zero-order valence-corrected chi connectivity index (χ0v) is 26.0. The third-order valence-electron chi connectivity index (χ3n) is 8.92. The number of nitrogens with zero attached hydrogens (tertiary/aromatic N) is 3. The van der Waals surface area contributed by atoms with Crippen molar-refractivity contribution < 1.29 is 33.7 Å². The average Bonchev–Trinajstić information content (AvgIpc) is 3.45. The van der Waals surface area contributed by atoms with E-state index in [1.807, 2.05) is 57.0 Å².